The first-order chi connectivity index (χ1) is 7.74. The summed E-state index contributed by atoms with van der Waals surface area (Å²) in [7, 11) is 2.23. The van der Waals surface area contributed by atoms with Gasteiger partial charge in [0.25, 0.3) is 0 Å². The lowest BCUT2D eigenvalue weighted by atomic mass is 10.1. The highest BCUT2D eigenvalue weighted by molar-refractivity contribution is 7.12. The van der Waals surface area contributed by atoms with E-state index in [0.29, 0.717) is 6.04 Å². The molecule has 1 saturated heterocycles. The SMILES string of the molecule is CC.Cc1ncc(C2=CC3CC2N(C)C3)s1. The van der Waals surface area contributed by atoms with Crippen LogP contribution in [0.25, 0.3) is 5.57 Å². The van der Waals surface area contributed by atoms with E-state index in [0.717, 1.165) is 5.92 Å². The fourth-order valence-electron chi connectivity index (χ4n) is 2.63. The van der Waals surface area contributed by atoms with Crippen LogP contribution in [0, 0.1) is 12.8 Å². The zero-order valence-electron chi connectivity index (χ0n) is 10.5. The lowest BCUT2D eigenvalue weighted by Crippen LogP contribution is -2.27. The molecule has 2 bridgehead atoms. The van der Waals surface area contributed by atoms with E-state index in [-0.39, 0.29) is 0 Å². The number of fused-ring (bicyclic) bond motifs is 2. The van der Waals surface area contributed by atoms with Crippen molar-refractivity contribution in [2.75, 3.05) is 13.6 Å². The molecule has 2 nitrogen and oxygen atoms in total. The summed E-state index contributed by atoms with van der Waals surface area (Å²) in [5, 5.41) is 1.17. The van der Waals surface area contributed by atoms with E-state index < -0.39 is 0 Å². The molecule has 1 aliphatic carbocycles. The Morgan fingerprint density at radius 2 is 2.19 bits per heavy atom. The van der Waals surface area contributed by atoms with Gasteiger partial charge in [-0.15, -0.1) is 11.3 Å². The molecule has 88 valence electrons. The zero-order chi connectivity index (χ0) is 11.7. The molecular weight excluding hydrogens is 216 g/mol. The Morgan fingerprint density at radius 3 is 2.69 bits per heavy atom. The van der Waals surface area contributed by atoms with Gasteiger partial charge >= 0.3 is 0 Å². The van der Waals surface area contributed by atoms with E-state index >= 15 is 0 Å². The van der Waals surface area contributed by atoms with E-state index in [2.05, 4.69) is 29.9 Å². The van der Waals surface area contributed by atoms with Crippen molar-refractivity contribution in [3.63, 3.8) is 0 Å². The van der Waals surface area contributed by atoms with Gasteiger partial charge in [-0.2, -0.15) is 0 Å². The van der Waals surface area contributed by atoms with Crippen LogP contribution in [0.1, 0.15) is 30.2 Å². The molecule has 0 spiro atoms. The van der Waals surface area contributed by atoms with Crippen LogP contribution in [0.5, 0.6) is 0 Å². The molecule has 0 amide bonds. The van der Waals surface area contributed by atoms with Crippen LogP contribution in [0.2, 0.25) is 0 Å². The van der Waals surface area contributed by atoms with Crippen LogP contribution >= 0.6 is 11.3 Å². The van der Waals surface area contributed by atoms with E-state index in [1.807, 2.05) is 31.4 Å². The van der Waals surface area contributed by atoms with Crippen molar-refractivity contribution in [2.24, 2.45) is 5.92 Å². The van der Waals surface area contributed by atoms with Crippen LogP contribution in [-0.2, 0) is 0 Å². The van der Waals surface area contributed by atoms with Crippen LogP contribution < -0.4 is 0 Å². The van der Waals surface area contributed by atoms with Crippen molar-refractivity contribution in [3.8, 4) is 0 Å². The molecule has 3 rings (SSSR count). The second-order valence-electron chi connectivity index (χ2n) is 4.32. The Balaban J connectivity index is 0.000000457. The summed E-state index contributed by atoms with van der Waals surface area (Å²) in [5.74, 6) is 0.794. The Bertz CT molecular complexity index is 394. The predicted molar refractivity (Wildman–Crippen MR) is 70.7 cm³/mol. The Kier molecular flexibility index (Phi) is 3.45. The largest absolute Gasteiger partial charge is 0.299 e. The Hall–Kier alpha value is -0.670. The molecule has 2 unspecified atom stereocenters. The monoisotopic (exact) mass is 236 g/mol. The predicted octanol–water partition coefficient (Wildman–Crippen LogP) is 3.20. The number of likely N-dealkylation sites (tertiary alicyclic amines) is 1. The molecule has 3 heteroatoms. The molecule has 0 radical (unpaired) electrons. The van der Waals surface area contributed by atoms with Gasteiger partial charge in [0.15, 0.2) is 0 Å². The number of aryl methyl sites for hydroxylation is 1. The minimum Gasteiger partial charge on any atom is -0.299 e. The summed E-state index contributed by atoms with van der Waals surface area (Å²) in [5.41, 5.74) is 1.52. The molecule has 1 aromatic rings. The normalized spacial score (nSPS) is 27.6. The number of likely N-dealkylation sites (N-methyl/N-ethyl adjacent to an activating group) is 1. The van der Waals surface area contributed by atoms with Gasteiger partial charge in [0.2, 0.25) is 0 Å². The standard InChI is InChI=1S/C11H14N2S.C2H6/c1-7-12-5-11(14-7)9-3-8-4-10(9)13(2)6-8;1-2/h3,5,8,10H,4,6H2,1-2H3;1-2H3. The van der Waals surface area contributed by atoms with Crippen LogP contribution in [-0.4, -0.2) is 29.5 Å². The maximum absolute atomic E-state index is 4.33. The highest BCUT2D eigenvalue weighted by Crippen LogP contribution is 2.42. The van der Waals surface area contributed by atoms with Gasteiger partial charge in [-0.3, -0.25) is 4.90 Å². The molecule has 1 aromatic heterocycles. The average Bonchev–Trinajstić information content (AvgIpc) is 2.94. The topological polar surface area (TPSA) is 16.1 Å². The highest BCUT2D eigenvalue weighted by Gasteiger charge is 2.37. The van der Waals surface area contributed by atoms with Gasteiger partial charge in [0.05, 0.1) is 9.88 Å². The first kappa shape index (κ1) is 11.8. The summed E-state index contributed by atoms with van der Waals surface area (Å²) >= 11 is 1.82. The van der Waals surface area contributed by atoms with Crippen LogP contribution in [0.3, 0.4) is 0 Å². The first-order valence-electron chi connectivity index (χ1n) is 6.09. The van der Waals surface area contributed by atoms with Gasteiger partial charge in [-0.05, 0) is 31.9 Å². The molecule has 2 atom stereocenters. The molecule has 0 N–H and O–H groups in total. The lowest BCUT2D eigenvalue weighted by Gasteiger charge is -2.22. The molecule has 16 heavy (non-hydrogen) atoms. The third-order valence-corrected chi connectivity index (χ3v) is 4.22. The van der Waals surface area contributed by atoms with E-state index in [9.17, 15) is 0 Å². The van der Waals surface area contributed by atoms with Gasteiger partial charge < -0.3 is 0 Å². The molecular formula is C13H20N2S. The van der Waals surface area contributed by atoms with Crippen LogP contribution in [0.4, 0.5) is 0 Å². The highest BCUT2D eigenvalue weighted by atomic mass is 32.1. The summed E-state index contributed by atoms with van der Waals surface area (Å²) in [6.07, 6.45) is 5.81. The van der Waals surface area contributed by atoms with E-state index in [1.165, 1.54) is 28.4 Å². The summed E-state index contributed by atoms with van der Waals surface area (Å²) in [6, 6.07) is 0.667. The third kappa shape index (κ3) is 1.94. The second kappa shape index (κ2) is 4.68. The molecule has 1 aliphatic heterocycles. The van der Waals surface area contributed by atoms with Crippen LogP contribution in [0.15, 0.2) is 12.3 Å². The number of hydrogen-bond donors (Lipinski definition) is 0. The molecule has 0 aromatic carbocycles. The smallest absolute Gasteiger partial charge is 0.0900 e. The fourth-order valence-corrected chi connectivity index (χ4v) is 3.48. The molecule has 1 fully saturated rings. The third-order valence-electron chi connectivity index (χ3n) is 3.26. The summed E-state index contributed by atoms with van der Waals surface area (Å²) in [4.78, 5) is 8.17. The van der Waals surface area contributed by atoms with Gasteiger partial charge in [-0.25, -0.2) is 4.98 Å². The number of hydrogen-bond acceptors (Lipinski definition) is 3. The number of aromatic nitrogens is 1. The van der Waals surface area contributed by atoms with Gasteiger partial charge in [0.1, 0.15) is 0 Å². The second-order valence-corrected chi connectivity index (χ2v) is 5.55. The van der Waals surface area contributed by atoms with Crippen molar-refractivity contribution < 1.29 is 0 Å². The Morgan fingerprint density at radius 1 is 1.44 bits per heavy atom. The lowest BCUT2D eigenvalue weighted by molar-refractivity contribution is 0.353. The maximum atomic E-state index is 4.33. The van der Waals surface area contributed by atoms with Crippen molar-refractivity contribution in [2.45, 2.75) is 33.2 Å². The van der Waals surface area contributed by atoms with E-state index in [1.54, 1.807) is 0 Å². The van der Waals surface area contributed by atoms with Crippen molar-refractivity contribution >= 4 is 16.9 Å². The number of thiazole rings is 1. The first-order valence-corrected chi connectivity index (χ1v) is 6.90. The quantitative estimate of drug-likeness (QED) is 0.744. The Labute approximate surface area is 102 Å². The van der Waals surface area contributed by atoms with Crippen molar-refractivity contribution in [1.29, 1.82) is 0 Å². The van der Waals surface area contributed by atoms with E-state index in [4.69, 9.17) is 0 Å². The van der Waals surface area contributed by atoms with Crippen molar-refractivity contribution in [1.82, 2.24) is 9.88 Å². The molecule has 2 aliphatic rings. The molecule has 2 heterocycles. The summed E-state index contributed by atoms with van der Waals surface area (Å²) < 4.78 is 0. The fraction of sp³-hybridized carbons (Fsp3) is 0.615. The minimum absolute atomic E-state index is 0.667. The zero-order valence-corrected chi connectivity index (χ0v) is 11.3. The maximum Gasteiger partial charge on any atom is 0.0900 e. The average molecular weight is 236 g/mol. The minimum atomic E-state index is 0.667. The number of rotatable bonds is 1. The molecule has 0 saturated carbocycles. The number of nitrogens with zero attached hydrogens (tertiary/aromatic N) is 2. The van der Waals surface area contributed by atoms with Gasteiger partial charge in [0, 0.05) is 18.8 Å². The van der Waals surface area contributed by atoms with Crippen molar-refractivity contribution in [3.05, 3.63) is 22.2 Å². The van der Waals surface area contributed by atoms with Gasteiger partial charge in [-0.1, -0.05) is 19.9 Å². The summed E-state index contributed by atoms with van der Waals surface area (Å²) in [6.45, 7) is 7.32.